The summed E-state index contributed by atoms with van der Waals surface area (Å²) in [6.07, 6.45) is 1.53. The Morgan fingerprint density at radius 1 is 1.05 bits per heavy atom. The Morgan fingerprint density at radius 3 is 2.45 bits per heavy atom. The molecular formula is C16H12N4O2. The van der Waals surface area contributed by atoms with Crippen LogP contribution in [0.1, 0.15) is 16.2 Å². The average Bonchev–Trinajstić information content (AvgIpc) is 3.07. The van der Waals surface area contributed by atoms with Crippen molar-refractivity contribution >= 4 is 12.1 Å². The van der Waals surface area contributed by atoms with Crippen molar-refractivity contribution in [3.8, 4) is 11.4 Å². The van der Waals surface area contributed by atoms with Gasteiger partial charge in [-0.15, -0.1) is 0 Å². The SMILES string of the molecule is O=C(N/N=C/c1ccccc1)c1nc(-c2ccccc2)no1. The highest BCUT2D eigenvalue weighted by atomic mass is 16.5. The van der Waals surface area contributed by atoms with Crippen LogP contribution in [-0.2, 0) is 0 Å². The maximum Gasteiger partial charge on any atom is 0.329 e. The van der Waals surface area contributed by atoms with E-state index in [1.165, 1.54) is 6.21 Å². The molecule has 0 fully saturated rings. The summed E-state index contributed by atoms with van der Waals surface area (Å²) in [6, 6.07) is 18.7. The average molecular weight is 292 g/mol. The first kappa shape index (κ1) is 13.7. The molecule has 0 atom stereocenters. The molecule has 0 aliphatic rings. The highest BCUT2D eigenvalue weighted by molar-refractivity contribution is 5.91. The van der Waals surface area contributed by atoms with E-state index in [4.69, 9.17) is 4.52 Å². The van der Waals surface area contributed by atoms with Gasteiger partial charge < -0.3 is 4.52 Å². The van der Waals surface area contributed by atoms with Gasteiger partial charge in [0.25, 0.3) is 0 Å². The van der Waals surface area contributed by atoms with Crippen LogP contribution in [0.2, 0.25) is 0 Å². The Bertz CT molecular complexity index is 782. The maximum absolute atomic E-state index is 11.9. The standard InChI is InChI=1S/C16H12N4O2/c21-15(19-17-11-12-7-3-1-4-8-12)16-18-14(20-22-16)13-9-5-2-6-10-13/h1-11H,(H,19,21)/b17-11+. The zero-order valence-electron chi connectivity index (χ0n) is 11.5. The number of nitrogens with one attached hydrogen (secondary N) is 1. The first-order valence-corrected chi connectivity index (χ1v) is 6.60. The minimum atomic E-state index is -0.554. The Hall–Kier alpha value is -3.28. The van der Waals surface area contributed by atoms with Crippen LogP contribution in [0.4, 0.5) is 0 Å². The summed E-state index contributed by atoms with van der Waals surface area (Å²) >= 11 is 0. The fourth-order valence-corrected chi connectivity index (χ4v) is 1.77. The number of rotatable bonds is 4. The second-order valence-electron chi connectivity index (χ2n) is 4.40. The van der Waals surface area contributed by atoms with E-state index in [1.807, 2.05) is 60.7 Å². The number of nitrogens with zero attached hydrogens (tertiary/aromatic N) is 3. The lowest BCUT2D eigenvalue weighted by atomic mass is 10.2. The van der Waals surface area contributed by atoms with E-state index < -0.39 is 5.91 Å². The molecule has 6 nitrogen and oxygen atoms in total. The third-order valence-electron chi connectivity index (χ3n) is 2.83. The summed E-state index contributed by atoms with van der Waals surface area (Å²) in [5, 5.41) is 7.62. The predicted molar refractivity (Wildman–Crippen MR) is 81.2 cm³/mol. The fourth-order valence-electron chi connectivity index (χ4n) is 1.77. The number of benzene rings is 2. The van der Waals surface area contributed by atoms with Crippen molar-refractivity contribution in [2.24, 2.45) is 5.10 Å². The van der Waals surface area contributed by atoms with E-state index in [9.17, 15) is 4.79 Å². The first-order chi connectivity index (χ1) is 10.8. The molecule has 0 aliphatic carbocycles. The Balaban J connectivity index is 1.66. The molecule has 0 radical (unpaired) electrons. The van der Waals surface area contributed by atoms with Gasteiger partial charge in [-0.05, 0) is 5.56 Å². The third kappa shape index (κ3) is 3.24. The van der Waals surface area contributed by atoms with Crippen LogP contribution in [-0.4, -0.2) is 22.3 Å². The van der Waals surface area contributed by atoms with Crippen LogP contribution in [0.5, 0.6) is 0 Å². The Kier molecular flexibility index (Phi) is 4.01. The lowest BCUT2D eigenvalue weighted by Crippen LogP contribution is -2.17. The lowest BCUT2D eigenvalue weighted by Gasteiger charge is -1.93. The summed E-state index contributed by atoms with van der Waals surface area (Å²) in [5.74, 6) is -0.330. The van der Waals surface area contributed by atoms with Crippen molar-refractivity contribution in [2.75, 3.05) is 0 Å². The monoisotopic (exact) mass is 292 g/mol. The molecule has 0 saturated heterocycles. The maximum atomic E-state index is 11.9. The molecule has 0 aliphatic heterocycles. The summed E-state index contributed by atoms with van der Waals surface area (Å²) in [6.45, 7) is 0. The van der Waals surface area contributed by atoms with Gasteiger partial charge >= 0.3 is 11.8 Å². The number of hydrogen-bond donors (Lipinski definition) is 1. The molecule has 1 aromatic heterocycles. The number of aromatic nitrogens is 2. The van der Waals surface area contributed by atoms with Crippen molar-refractivity contribution in [1.29, 1.82) is 0 Å². The number of carbonyl (C=O) groups is 1. The van der Waals surface area contributed by atoms with Crippen molar-refractivity contribution < 1.29 is 9.32 Å². The molecule has 0 saturated carbocycles. The van der Waals surface area contributed by atoms with E-state index in [0.29, 0.717) is 5.82 Å². The minimum absolute atomic E-state index is 0.135. The lowest BCUT2D eigenvalue weighted by molar-refractivity contribution is 0.0911. The topological polar surface area (TPSA) is 80.4 Å². The van der Waals surface area contributed by atoms with Crippen LogP contribution >= 0.6 is 0 Å². The van der Waals surface area contributed by atoms with E-state index in [1.54, 1.807) is 0 Å². The molecule has 3 aromatic rings. The molecule has 0 unspecified atom stereocenters. The number of carbonyl (C=O) groups excluding carboxylic acids is 1. The molecular weight excluding hydrogens is 280 g/mol. The van der Waals surface area contributed by atoms with Crippen molar-refractivity contribution in [3.05, 3.63) is 72.1 Å². The molecule has 1 N–H and O–H groups in total. The largest absolute Gasteiger partial charge is 0.329 e. The molecule has 0 bridgehead atoms. The van der Waals surface area contributed by atoms with Gasteiger partial charge in [-0.2, -0.15) is 10.1 Å². The van der Waals surface area contributed by atoms with Gasteiger partial charge in [0.1, 0.15) is 0 Å². The minimum Gasteiger partial charge on any atom is -0.328 e. The van der Waals surface area contributed by atoms with Crippen molar-refractivity contribution in [3.63, 3.8) is 0 Å². The molecule has 1 amide bonds. The van der Waals surface area contributed by atoms with Crippen LogP contribution in [0.15, 0.2) is 70.3 Å². The number of hydrazone groups is 1. The van der Waals surface area contributed by atoms with E-state index in [-0.39, 0.29) is 5.89 Å². The van der Waals surface area contributed by atoms with Crippen LogP contribution in [0.3, 0.4) is 0 Å². The smallest absolute Gasteiger partial charge is 0.328 e. The van der Waals surface area contributed by atoms with Crippen LogP contribution < -0.4 is 5.43 Å². The van der Waals surface area contributed by atoms with Gasteiger partial charge in [-0.1, -0.05) is 65.8 Å². The van der Waals surface area contributed by atoms with Gasteiger partial charge in [-0.3, -0.25) is 4.79 Å². The van der Waals surface area contributed by atoms with Gasteiger partial charge in [0.05, 0.1) is 6.21 Å². The Labute approximate surface area is 126 Å². The molecule has 1 heterocycles. The normalized spacial score (nSPS) is 10.7. The van der Waals surface area contributed by atoms with Gasteiger partial charge in [0.15, 0.2) is 0 Å². The van der Waals surface area contributed by atoms with E-state index in [2.05, 4.69) is 20.7 Å². The number of amides is 1. The second kappa shape index (κ2) is 6.45. The van der Waals surface area contributed by atoms with E-state index >= 15 is 0 Å². The number of hydrogen-bond acceptors (Lipinski definition) is 5. The van der Waals surface area contributed by atoms with Crippen LogP contribution in [0.25, 0.3) is 11.4 Å². The highest BCUT2D eigenvalue weighted by Gasteiger charge is 2.15. The van der Waals surface area contributed by atoms with Crippen LogP contribution in [0, 0.1) is 0 Å². The molecule has 3 rings (SSSR count). The first-order valence-electron chi connectivity index (χ1n) is 6.60. The summed E-state index contributed by atoms with van der Waals surface area (Å²) in [7, 11) is 0. The second-order valence-corrected chi connectivity index (χ2v) is 4.40. The molecule has 2 aromatic carbocycles. The fraction of sp³-hybridized carbons (Fsp3) is 0. The molecule has 108 valence electrons. The van der Waals surface area contributed by atoms with Gasteiger partial charge in [0.2, 0.25) is 5.82 Å². The molecule has 6 heteroatoms. The summed E-state index contributed by atoms with van der Waals surface area (Å²) in [5.41, 5.74) is 4.00. The predicted octanol–water partition coefficient (Wildman–Crippen LogP) is 2.50. The molecule has 0 spiro atoms. The summed E-state index contributed by atoms with van der Waals surface area (Å²) < 4.78 is 4.94. The quantitative estimate of drug-likeness (QED) is 0.592. The molecule has 22 heavy (non-hydrogen) atoms. The zero-order chi connectivity index (χ0) is 15.2. The van der Waals surface area contributed by atoms with Gasteiger partial charge in [0, 0.05) is 5.56 Å². The van der Waals surface area contributed by atoms with E-state index in [0.717, 1.165) is 11.1 Å². The Morgan fingerprint density at radius 2 is 1.73 bits per heavy atom. The van der Waals surface area contributed by atoms with Crippen molar-refractivity contribution in [2.45, 2.75) is 0 Å². The summed E-state index contributed by atoms with van der Waals surface area (Å²) in [4.78, 5) is 15.9. The zero-order valence-corrected chi connectivity index (χ0v) is 11.5. The third-order valence-corrected chi connectivity index (χ3v) is 2.83. The van der Waals surface area contributed by atoms with Gasteiger partial charge in [-0.25, -0.2) is 5.43 Å². The van der Waals surface area contributed by atoms with Crippen molar-refractivity contribution in [1.82, 2.24) is 15.6 Å². The highest BCUT2D eigenvalue weighted by Crippen LogP contribution is 2.14.